The summed E-state index contributed by atoms with van der Waals surface area (Å²) in [6, 6.07) is 14.1. The molecule has 0 saturated heterocycles. The van der Waals surface area contributed by atoms with Gasteiger partial charge < -0.3 is 24.4 Å². The third kappa shape index (κ3) is 3.76. The lowest BCUT2D eigenvalue weighted by Gasteiger charge is -2.30. The topological polar surface area (TPSA) is 68.7 Å². The summed E-state index contributed by atoms with van der Waals surface area (Å²) in [5.41, 5.74) is 3.33. The maximum absolute atomic E-state index is 5.43. The molecular formula is C22H24N4O3. The van der Waals surface area contributed by atoms with E-state index in [4.69, 9.17) is 14.2 Å². The molecule has 1 aliphatic rings. The van der Waals surface area contributed by atoms with Crippen LogP contribution in [0.4, 0.5) is 23.0 Å². The summed E-state index contributed by atoms with van der Waals surface area (Å²) in [7, 11) is 4.77. The van der Waals surface area contributed by atoms with Gasteiger partial charge in [0, 0.05) is 36.1 Å². The van der Waals surface area contributed by atoms with Crippen molar-refractivity contribution in [3.63, 3.8) is 0 Å². The van der Waals surface area contributed by atoms with Crippen molar-refractivity contribution in [1.29, 1.82) is 0 Å². The molecule has 0 bridgehead atoms. The zero-order chi connectivity index (χ0) is 20.2. The van der Waals surface area contributed by atoms with Gasteiger partial charge in [0.2, 0.25) is 5.75 Å². The minimum atomic E-state index is 0.550. The number of benzene rings is 2. The van der Waals surface area contributed by atoms with Crippen molar-refractivity contribution < 1.29 is 14.2 Å². The number of aromatic nitrogens is 2. The molecule has 4 rings (SSSR count). The van der Waals surface area contributed by atoms with Crippen molar-refractivity contribution in [3.8, 4) is 17.2 Å². The smallest absolute Gasteiger partial charge is 0.203 e. The number of para-hydroxylation sites is 1. The van der Waals surface area contributed by atoms with Crippen LogP contribution in [0.15, 0.2) is 48.8 Å². The van der Waals surface area contributed by atoms with Gasteiger partial charge in [0.15, 0.2) is 11.5 Å². The highest BCUT2D eigenvalue weighted by atomic mass is 16.5. The number of anilines is 4. The van der Waals surface area contributed by atoms with E-state index in [-0.39, 0.29) is 0 Å². The Hall–Kier alpha value is -3.48. The highest BCUT2D eigenvalue weighted by Crippen LogP contribution is 2.40. The molecule has 150 valence electrons. The average molecular weight is 392 g/mol. The summed E-state index contributed by atoms with van der Waals surface area (Å²) >= 11 is 0. The summed E-state index contributed by atoms with van der Waals surface area (Å²) in [4.78, 5) is 11.1. The quantitative estimate of drug-likeness (QED) is 0.669. The second kappa shape index (κ2) is 8.26. The maximum Gasteiger partial charge on any atom is 0.203 e. The van der Waals surface area contributed by atoms with Crippen LogP contribution in [0.3, 0.4) is 0 Å². The van der Waals surface area contributed by atoms with E-state index in [1.165, 1.54) is 11.3 Å². The molecule has 0 amide bonds. The van der Waals surface area contributed by atoms with Gasteiger partial charge in [0.1, 0.15) is 18.0 Å². The zero-order valence-electron chi connectivity index (χ0n) is 16.8. The van der Waals surface area contributed by atoms with E-state index in [2.05, 4.69) is 44.5 Å². The molecule has 0 fully saturated rings. The normalized spacial score (nSPS) is 12.9. The molecular weight excluding hydrogens is 368 g/mol. The first-order valence-electron chi connectivity index (χ1n) is 9.48. The Labute approximate surface area is 170 Å². The molecule has 0 aliphatic carbocycles. The van der Waals surface area contributed by atoms with Gasteiger partial charge in [-0.1, -0.05) is 18.2 Å². The fourth-order valence-electron chi connectivity index (χ4n) is 3.64. The summed E-state index contributed by atoms with van der Waals surface area (Å²) < 4.78 is 16.2. The lowest BCUT2D eigenvalue weighted by Crippen LogP contribution is -2.25. The number of nitrogens with zero attached hydrogens (tertiary/aromatic N) is 3. The highest BCUT2D eigenvalue weighted by molar-refractivity contribution is 5.70. The van der Waals surface area contributed by atoms with Gasteiger partial charge in [-0.3, -0.25) is 0 Å². The summed E-state index contributed by atoms with van der Waals surface area (Å²) in [5.74, 6) is 3.26. The van der Waals surface area contributed by atoms with E-state index < -0.39 is 0 Å². The highest BCUT2D eigenvalue weighted by Gasteiger charge is 2.19. The molecule has 3 aromatic rings. The van der Waals surface area contributed by atoms with E-state index in [9.17, 15) is 0 Å². The monoisotopic (exact) mass is 392 g/mol. The molecule has 1 aromatic heterocycles. The molecule has 1 aliphatic heterocycles. The molecule has 0 saturated carbocycles. The predicted octanol–water partition coefficient (Wildman–Crippen LogP) is 4.33. The van der Waals surface area contributed by atoms with Crippen LogP contribution in [0.2, 0.25) is 0 Å². The second-order valence-electron chi connectivity index (χ2n) is 6.68. The summed E-state index contributed by atoms with van der Waals surface area (Å²) in [6.45, 7) is 0.928. The second-order valence-corrected chi connectivity index (χ2v) is 6.68. The van der Waals surface area contributed by atoms with Crippen LogP contribution in [0.1, 0.15) is 12.0 Å². The third-order valence-electron chi connectivity index (χ3n) is 4.98. The van der Waals surface area contributed by atoms with Crippen LogP contribution in [-0.4, -0.2) is 37.8 Å². The zero-order valence-corrected chi connectivity index (χ0v) is 16.8. The minimum absolute atomic E-state index is 0.550. The summed E-state index contributed by atoms with van der Waals surface area (Å²) in [6.07, 6.45) is 3.76. The third-order valence-corrected chi connectivity index (χ3v) is 4.98. The first-order chi connectivity index (χ1) is 14.2. The van der Waals surface area contributed by atoms with E-state index in [0.29, 0.717) is 23.1 Å². The fourth-order valence-corrected chi connectivity index (χ4v) is 3.64. The van der Waals surface area contributed by atoms with Crippen molar-refractivity contribution in [2.75, 3.05) is 38.1 Å². The van der Waals surface area contributed by atoms with Crippen molar-refractivity contribution in [1.82, 2.24) is 9.97 Å². The van der Waals surface area contributed by atoms with Crippen LogP contribution in [0.5, 0.6) is 17.2 Å². The maximum atomic E-state index is 5.43. The van der Waals surface area contributed by atoms with Gasteiger partial charge in [0.25, 0.3) is 0 Å². The van der Waals surface area contributed by atoms with Crippen molar-refractivity contribution in [2.24, 2.45) is 0 Å². The molecule has 7 heteroatoms. The summed E-state index contributed by atoms with van der Waals surface area (Å²) in [5, 5.41) is 3.31. The lowest BCUT2D eigenvalue weighted by atomic mass is 10.0. The number of fused-ring (bicyclic) bond motifs is 1. The van der Waals surface area contributed by atoms with Crippen LogP contribution in [0.25, 0.3) is 0 Å². The molecule has 1 N–H and O–H groups in total. The Kier molecular flexibility index (Phi) is 5.37. The molecule has 7 nitrogen and oxygen atoms in total. The Bertz CT molecular complexity index is 984. The van der Waals surface area contributed by atoms with Gasteiger partial charge in [-0.15, -0.1) is 0 Å². The fraction of sp³-hybridized carbons (Fsp3) is 0.273. The van der Waals surface area contributed by atoms with Gasteiger partial charge in [-0.2, -0.15) is 0 Å². The van der Waals surface area contributed by atoms with Crippen molar-refractivity contribution in [2.45, 2.75) is 12.8 Å². The Balaban J connectivity index is 1.64. The van der Waals surface area contributed by atoms with Crippen LogP contribution in [0, 0.1) is 0 Å². The van der Waals surface area contributed by atoms with E-state index in [1.807, 2.05) is 18.2 Å². The van der Waals surface area contributed by atoms with E-state index in [0.717, 1.165) is 30.9 Å². The van der Waals surface area contributed by atoms with E-state index >= 15 is 0 Å². The number of rotatable bonds is 6. The molecule has 0 spiro atoms. The number of hydrogen-bond acceptors (Lipinski definition) is 7. The molecule has 0 radical (unpaired) electrons. The number of hydrogen-bond donors (Lipinski definition) is 1. The minimum Gasteiger partial charge on any atom is -0.493 e. The number of methoxy groups -OCH3 is 3. The molecule has 2 aromatic carbocycles. The number of ether oxygens (including phenoxy) is 3. The largest absolute Gasteiger partial charge is 0.493 e. The van der Waals surface area contributed by atoms with Crippen LogP contribution < -0.4 is 24.4 Å². The molecule has 0 atom stereocenters. The van der Waals surface area contributed by atoms with Gasteiger partial charge in [0.05, 0.1) is 21.3 Å². The van der Waals surface area contributed by atoms with Crippen LogP contribution >= 0.6 is 0 Å². The Morgan fingerprint density at radius 1 is 0.931 bits per heavy atom. The Morgan fingerprint density at radius 3 is 2.41 bits per heavy atom. The average Bonchev–Trinajstić information content (AvgIpc) is 2.78. The SMILES string of the molecule is COc1cc(Nc2cc(N3CCCc4ccccc43)ncn2)cc(OC)c1OC. The molecule has 0 unspecified atom stereocenters. The number of aryl methyl sites for hydroxylation is 1. The van der Waals surface area contributed by atoms with Crippen molar-refractivity contribution in [3.05, 3.63) is 54.4 Å². The van der Waals surface area contributed by atoms with Gasteiger partial charge in [-0.05, 0) is 24.5 Å². The molecule has 2 heterocycles. The predicted molar refractivity (Wildman–Crippen MR) is 113 cm³/mol. The first-order valence-corrected chi connectivity index (χ1v) is 9.48. The molecule has 29 heavy (non-hydrogen) atoms. The standard InChI is InChI=1S/C22H24N4O3/c1-27-18-11-16(12-19(28-2)22(18)29-3)25-20-13-21(24-14-23-20)26-10-6-8-15-7-4-5-9-17(15)26/h4-5,7,9,11-14H,6,8,10H2,1-3H3,(H,23,24,25). The van der Waals surface area contributed by atoms with Crippen molar-refractivity contribution >= 4 is 23.0 Å². The number of nitrogens with one attached hydrogen (secondary N) is 1. The van der Waals surface area contributed by atoms with Gasteiger partial charge >= 0.3 is 0 Å². The van der Waals surface area contributed by atoms with E-state index in [1.54, 1.807) is 27.7 Å². The lowest BCUT2D eigenvalue weighted by molar-refractivity contribution is 0.324. The Morgan fingerprint density at radius 2 is 1.69 bits per heavy atom. The van der Waals surface area contributed by atoms with Gasteiger partial charge in [-0.25, -0.2) is 9.97 Å². The van der Waals surface area contributed by atoms with Crippen LogP contribution in [-0.2, 0) is 6.42 Å². The first kappa shape index (κ1) is 18.9.